The Labute approximate surface area is 128 Å². The monoisotopic (exact) mass is 311 g/mol. The molecule has 0 aliphatic carbocycles. The Hall–Kier alpha value is -2.45. The van der Waals surface area contributed by atoms with Crippen molar-refractivity contribution in [1.29, 1.82) is 0 Å². The molecule has 7 N–H and O–H groups in total. The van der Waals surface area contributed by atoms with Gasteiger partial charge in [-0.1, -0.05) is 30.3 Å². The van der Waals surface area contributed by atoms with Crippen molar-refractivity contribution in [3.63, 3.8) is 0 Å². The first-order valence-electron chi connectivity index (χ1n) is 6.33. The molecular weight excluding hydrogens is 290 g/mol. The average molecular weight is 311 g/mol. The third kappa shape index (κ3) is 6.33. The van der Waals surface area contributed by atoms with Crippen molar-refractivity contribution >= 4 is 17.8 Å². The minimum Gasteiger partial charge on any atom is -0.481 e. The molecule has 0 aliphatic rings. The van der Waals surface area contributed by atoms with Gasteiger partial charge < -0.3 is 27.0 Å². The first-order chi connectivity index (χ1) is 9.93. The number of nitrogens with two attached hydrogens (primary N) is 1. The number of carbonyl (C=O) groups is 3. The SMILES string of the molecule is COC(=O)C(Cc1ccccc1)NC(=O)C(N)CC(=O)O.N. The van der Waals surface area contributed by atoms with Crippen molar-refractivity contribution in [2.24, 2.45) is 5.73 Å². The van der Waals surface area contributed by atoms with Crippen molar-refractivity contribution in [2.45, 2.75) is 24.9 Å². The lowest BCUT2D eigenvalue weighted by atomic mass is 10.1. The molecule has 0 aromatic heterocycles. The van der Waals surface area contributed by atoms with Gasteiger partial charge in [-0.3, -0.25) is 9.59 Å². The summed E-state index contributed by atoms with van der Waals surface area (Å²) in [4.78, 5) is 34.0. The second kappa shape index (κ2) is 9.48. The van der Waals surface area contributed by atoms with Crippen molar-refractivity contribution < 1.29 is 24.2 Å². The van der Waals surface area contributed by atoms with E-state index in [1.165, 1.54) is 7.11 Å². The first-order valence-corrected chi connectivity index (χ1v) is 6.33. The molecule has 8 nitrogen and oxygen atoms in total. The van der Waals surface area contributed by atoms with E-state index in [0.717, 1.165) is 5.56 Å². The highest BCUT2D eigenvalue weighted by molar-refractivity contribution is 5.89. The van der Waals surface area contributed by atoms with Crippen LogP contribution in [0.3, 0.4) is 0 Å². The molecule has 122 valence electrons. The average Bonchev–Trinajstić information content (AvgIpc) is 2.46. The number of esters is 1. The number of rotatable bonds is 7. The summed E-state index contributed by atoms with van der Waals surface area (Å²) in [6.45, 7) is 0. The molecule has 0 spiro atoms. The van der Waals surface area contributed by atoms with Gasteiger partial charge in [0.15, 0.2) is 0 Å². The predicted molar refractivity (Wildman–Crippen MR) is 79.3 cm³/mol. The molecule has 0 aliphatic heterocycles. The third-order valence-corrected chi connectivity index (χ3v) is 2.82. The standard InChI is InChI=1S/C14H18N2O5.H3N/c1-21-14(20)11(7-9-5-3-2-4-6-9)16-13(19)10(15)8-12(17)18;/h2-6,10-11H,7-8,15H2,1H3,(H,16,19)(H,17,18);1H3. The molecule has 0 saturated carbocycles. The van der Waals surface area contributed by atoms with Gasteiger partial charge in [-0.25, -0.2) is 4.79 Å². The van der Waals surface area contributed by atoms with Crippen molar-refractivity contribution in [3.05, 3.63) is 35.9 Å². The molecule has 0 radical (unpaired) electrons. The van der Waals surface area contributed by atoms with Crippen LogP contribution in [0.4, 0.5) is 0 Å². The number of methoxy groups -OCH3 is 1. The van der Waals surface area contributed by atoms with E-state index in [-0.39, 0.29) is 12.6 Å². The van der Waals surface area contributed by atoms with Crippen LogP contribution in [0.25, 0.3) is 0 Å². The quantitative estimate of drug-likeness (QED) is 0.510. The smallest absolute Gasteiger partial charge is 0.328 e. The van der Waals surface area contributed by atoms with Crippen LogP contribution in [-0.2, 0) is 25.5 Å². The molecule has 1 rings (SSSR count). The fourth-order valence-corrected chi connectivity index (χ4v) is 1.74. The van der Waals surface area contributed by atoms with E-state index < -0.39 is 36.4 Å². The van der Waals surface area contributed by atoms with Crippen LogP contribution in [-0.4, -0.2) is 42.1 Å². The lowest BCUT2D eigenvalue weighted by molar-refractivity contribution is -0.145. The fourth-order valence-electron chi connectivity index (χ4n) is 1.74. The zero-order chi connectivity index (χ0) is 15.8. The summed E-state index contributed by atoms with van der Waals surface area (Å²) in [7, 11) is 1.21. The van der Waals surface area contributed by atoms with Crippen LogP contribution in [0.1, 0.15) is 12.0 Å². The van der Waals surface area contributed by atoms with Gasteiger partial charge in [-0.05, 0) is 5.56 Å². The summed E-state index contributed by atoms with van der Waals surface area (Å²) in [5.41, 5.74) is 6.29. The summed E-state index contributed by atoms with van der Waals surface area (Å²) in [6.07, 6.45) is -0.274. The highest BCUT2D eigenvalue weighted by Gasteiger charge is 2.25. The summed E-state index contributed by atoms with van der Waals surface area (Å²) in [5, 5.41) is 11.0. The van der Waals surface area contributed by atoms with Crippen LogP contribution < -0.4 is 17.2 Å². The maximum absolute atomic E-state index is 11.8. The van der Waals surface area contributed by atoms with E-state index in [9.17, 15) is 14.4 Å². The van der Waals surface area contributed by atoms with Gasteiger partial charge in [0.2, 0.25) is 5.91 Å². The highest BCUT2D eigenvalue weighted by atomic mass is 16.5. The van der Waals surface area contributed by atoms with Gasteiger partial charge in [0, 0.05) is 6.42 Å². The minimum atomic E-state index is -1.22. The van der Waals surface area contributed by atoms with Gasteiger partial charge in [0.1, 0.15) is 6.04 Å². The number of benzene rings is 1. The van der Waals surface area contributed by atoms with E-state index in [1.54, 1.807) is 12.1 Å². The van der Waals surface area contributed by atoms with E-state index in [0.29, 0.717) is 0 Å². The van der Waals surface area contributed by atoms with Crippen LogP contribution in [0.5, 0.6) is 0 Å². The molecule has 1 aromatic carbocycles. The van der Waals surface area contributed by atoms with Gasteiger partial charge >= 0.3 is 11.9 Å². The van der Waals surface area contributed by atoms with E-state index in [4.69, 9.17) is 10.8 Å². The predicted octanol–water partition coefficient (Wildman–Crippen LogP) is -0.149. The van der Waals surface area contributed by atoms with Gasteiger partial charge in [-0.2, -0.15) is 0 Å². The lowest BCUT2D eigenvalue weighted by Gasteiger charge is -2.18. The van der Waals surface area contributed by atoms with Crippen LogP contribution in [0.2, 0.25) is 0 Å². The number of ether oxygens (including phenoxy) is 1. The lowest BCUT2D eigenvalue weighted by Crippen LogP contribution is -2.50. The van der Waals surface area contributed by atoms with E-state index in [1.807, 2.05) is 18.2 Å². The molecule has 8 heteroatoms. The Morgan fingerprint density at radius 3 is 2.36 bits per heavy atom. The number of carboxylic acids is 1. The second-order valence-corrected chi connectivity index (χ2v) is 4.48. The number of amides is 1. The largest absolute Gasteiger partial charge is 0.481 e. The van der Waals surface area contributed by atoms with E-state index in [2.05, 4.69) is 10.1 Å². The zero-order valence-electron chi connectivity index (χ0n) is 12.3. The maximum Gasteiger partial charge on any atom is 0.328 e. The molecular formula is C14H21N3O5. The van der Waals surface area contributed by atoms with Crippen molar-refractivity contribution in [1.82, 2.24) is 11.5 Å². The molecule has 1 aromatic rings. The highest BCUT2D eigenvalue weighted by Crippen LogP contribution is 2.05. The van der Waals surface area contributed by atoms with Gasteiger partial charge in [0.05, 0.1) is 19.6 Å². The number of hydrogen-bond donors (Lipinski definition) is 4. The Morgan fingerprint density at radius 1 is 1.27 bits per heavy atom. The molecule has 0 saturated heterocycles. The molecule has 22 heavy (non-hydrogen) atoms. The molecule has 2 atom stereocenters. The second-order valence-electron chi connectivity index (χ2n) is 4.48. The molecule has 0 bridgehead atoms. The minimum absolute atomic E-state index is 0. The fraction of sp³-hybridized carbons (Fsp3) is 0.357. The number of carbonyl (C=O) groups excluding carboxylic acids is 2. The van der Waals surface area contributed by atoms with Crippen molar-refractivity contribution in [2.75, 3.05) is 7.11 Å². The zero-order valence-corrected chi connectivity index (χ0v) is 12.3. The molecule has 2 unspecified atom stereocenters. The Balaban J connectivity index is 0.00000441. The Kier molecular flexibility index (Phi) is 8.42. The summed E-state index contributed by atoms with van der Waals surface area (Å²) < 4.78 is 4.64. The number of carboxylic acid groups (broad SMARTS) is 1. The summed E-state index contributed by atoms with van der Waals surface area (Å²) >= 11 is 0. The first kappa shape index (κ1) is 19.6. The molecule has 1 amide bonds. The van der Waals surface area contributed by atoms with Gasteiger partial charge in [0.25, 0.3) is 0 Å². The normalized spacial score (nSPS) is 12.5. The van der Waals surface area contributed by atoms with Crippen LogP contribution in [0, 0.1) is 0 Å². The van der Waals surface area contributed by atoms with Crippen molar-refractivity contribution in [3.8, 4) is 0 Å². The molecule has 0 fully saturated rings. The van der Waals surface area contributed by atoms with E-state index >= 15 is 0 Å². The topological polar surface area (TPSA) is 154 Å². The number of nitrogens with one attached hydrogen (secondary N) is 1. The summed E-state index contributed by atoms with van der Waals surface area (Å²) in [6, 6.07) is 6.93. The summed E-state index contributed by atoms with van der Waals surface area (Å²) in [5.74, 6) is -2.51. The van der Waals surface area contributed by atoms with Gasteiger partial charge in [-0.15, -0.1) is 0 Å². The number of hydrogen-bond acceptors (Lipinski definition) is 6. The third-order valence-electron chi connectivity index (χ3n) is 2.82. The molecule has 0 heterocycles. The van der Waals surface area contributed by atoms with Crippen LogP contribution in [0.15, 0.2) is 30.3 Å². The van der Waals surface area contributed by atoms with Crippen LogP contribution >= 0.6 is 0 Å². The Bertz CT molecular complexity index is 506. The maximum atomic E-state index is 11.8. The number of aliphatic carboxylic acids is 1. The Morgan fingerprint density at radius 2 is 1.86 bits per heavy atom.